The zero-order valence-electron chi connectivity index (χ0n) is 17.9. The van der Waals surface area contributed by atoms with Crippen LogP contribution in [0.3, 0.4) is 0 Å². The fraction of sp³-hybridized carbons (Fsp3) is 0.182. The van der Waals surface area contributed by atoms with Crippen molar-refractivity contribution in [2.75, 3.05) is 6.54 Å². The van der Waals surface area contributed by atoms with Crippen LogP contribution in [0.4, 0.5) is 17.6 Å². The van der Waals surface area contributed by atoms with Crippen LogP contribution in [0.1, 0.15) is 22.5 Å². The summed E-state index contributed by atoms with van der Waals surface area (Å²) in [5.74, 6) is 3.95. The number of pyridine rings is 2. The zero-order valence-corrected chi connectivity index (χ0v) is 17.9. The third-order valence-corrected chi connectivity index (χ3v) is 4.92. The molecule has 2 heterocycles. The lowest BCUT2D eigenvalue weighted by molar-refractivity contribution is -0.203. The van der Waals surface area contributed by atoms with Crippen molar-refractivity contribution in [1.29, 1.82) is 5.26 Å². The summed E-state index contributed by atoms with van der Waals surface area (Å²) in [6.45, 7) is -1.11. The molecule has 0 fully saturated rings. The van der Waals surface area contributed by atoms with E-state index in [0.29, 0.717) is 28.4 Å². The van der Waals surface area contributed by atoms with Crippen molar-refractivity contribution in [3.8, 4) is 11.8 Å². The van der Waals surface area contributed by atoms with E-state index in [0.717, 1.165) is 24.7 Å². The number of nitrogens with two attached hydrogens (primary N) is 2. The highest BCUT2D eigenvalue weighted by molar-refractivity contribution is 5.53. The number of hydrogen-bond donors (Lipinski definition) is 3. The third kappa shape index (κ3) is 5.45. The minimum absolute atomic E-state index is 0.0333. The minimum Gasteiger partial charge on any atom is -0.486 e. The average molecular weight is 489 g/mol. The maximum Gasteiger partial charge on any atom is 0.323 e. The standard InChI is InChI=1S/C22H19F4N7O2/c23-15-2-5-18(19(24)7-15)21(34,12-33(29)13-32-28)22(25,26)20-6-4-17(10-31-20)35-11-16-3-1-14(8-27)9-30-16/h1-7,9-10,13,34H,11-12,28-29H2/b32-13-. The van der Waals surface area contributed by atoms with Crippen molar-refractivity contribution < 1.29 is 27.4 Å². The van der Waals surface area contributed by atoms with Crippen LogP contribution in [-0.4, -0.2) is 33.0 Å². The topological polar surface area (TPSA) is 147 Å². The predicted molar refractivity (Wildman–Crippen MR) is 115 cm³/mol. The maximum absolute atomic E-state index is 15.6. The Morgan fingerprint density at radius 2 is 1.91 bits per heavy atom. The highest BCUT2D eigenvalue weighted by atomic mass is 19.3. The van der Waals surface area contributed by atoms with Gasteiger partial charge in [0.2, 0.25) is 0 Å². The van der Waals surface area contributed by atoms with Gasteiger partial charge in [-0.2, -0.15) is 19.1 Å². The molecule has 0 spiro atoms. The molecule has 1 aromatic carbocycles. The lowest BCUT2D eigenvalue weighted by Crippen LogP contribution is -2.53. The van der Waals surface area contributed by atoms with Crippen molar-refractivity contribution in [2.45, 2.75) is 18.1 Å². The Labute approximate surface area is 196 Å². The summed E-state index contributed by atoms with van der Waals surface area (Å²) in [4.78, 5) is 7.69. The van der Waals surface area contributed by atoms with Crippen LogP contribution in [0.2, 0.25) is 0 Å². The Bertz CT molecular complexity index is 1230. The van der Waals surface area contributed by atoms with Crippen LogP contribution in [0.5, 0.6) is 5.75 Å². The number of benzene rings is 1. The fourth-order valence-electron chi connectivity index (χ4n) is 3.17. The molecule has 3 aromatic rings. The summed E-state index contributed by atoms with van der Waals surface area (Å²) in [7, 11) is 0. The van der Waals surface area contributed by atoms with Crippen LogP contribution in [0.25, 0.3) is 0 Å². The van der Waals surface area contributed by atoms with E-state index in [4.69, 9.17) is 21.7 Å². The van der Waals surface area contributed by atoms with E-state index < -0.39 is 41.0 Å². The van der Waals surface area contributed by atoms with E-state index in [9.17, 15) is 13.9 Å². The number of aromatic nitrogens is 2. The quantitative estimate of drug-likeness (QED) is 0.136. The molecule has 0 aliphatic heterocycles. The van der Waals surface area contributed by atoms with Crippen molar-refractivity contribution >= 4 is 6.34 Å². The summed E-state index contributed by atoms with van der Waals surface area (Å²) >= 11 is 0. The highest BCUT2D eigenvalue weighted by Gasteiger charge is 2.58. The SMILES string of the molecule is N#Cc1ccc(COc2ccc(C(F)(F)C(O)(CN(N)/C=N\N)c3ccc(F)cc3F)nc2)nc1. The van der Waals surface area contributed by atoms with E-state index >= 15 is 8.78 Å². The van der Waals surface area contributed by atoms with Crippen LogP contribution >= 0.6 is 0 Å². The first-order valence-corrected chi connectivity index (χ1v) is 9.85. The molecular weight excluding hydrogens is 470 g/mol. The van der Waals surface area contributed by atoms with Gasteiger partial charge in [-0.25, -0.2) is 14.6 Å². The zero-order chi connectivity index (χ0) is 25.6. The number of hydrazine groups is 1. The van der Waals surface area contributed by atoms with Gasteiger partial charge in [0.1, 0.15) is 42.1 Å². The van der Waals surface area contributed by atoms with Gasteiger partial charge in [-0.05, 0) is 36.4 Å². The van der Waals surface area contributed by atoms with E-state index in [1.54, 1.807) is 12.1 Å². The Hall–Kier alpha value is -4.28. The van der Waals surface area contributed by atoms with E-state index in [2.05, 4.69) is 15.1 Å². The number of aliphatic hydroxyl groups is 1. The molecule has 0 amide bonds. The average Bonchev–Trinajstić information content (AvgIpc) is 2.83. The molecule has 0 radical (unpaired) electrons. The number of rotatable bonds is 9. The summed E-state index contributed by atoms with van der Waals surface area (Å²) in [6, 6.07) is 8.85. The second kappa shape index (κ2) is 10.3. The van der Waals surface area contributed by atoms with Gasteiger partial charge in [-0.1, -0.05) is 0 Å². The Kier molecular flexibility index (Phi) is 7.48. The number of hydrogen-bond acceptors (Lipinski definition) is 8. The van der Waals surface area contributed by atoms with Crippen molar-refractivity contribution in [3.05, 3.63) is 89.0 Å². The molecular formula is C22H19F4N7O2. The normalized spacial score (nSPS) is 13.3. The molecule has 1 unspecified atom stereocenters. The molecule has 9 nitrogen and oxygen atoms in total. The Morgan fingerprint density at radius 3 is 2.49 bits per heavy atom. The first-order valence-electron chi connectivity index (χ1n) is 9.85. The molecule has 0 bridgehead atoms. The summed E-state index contributed by atoms with van der Waals surface area (Å²) in [6.07, 6.45) is 3.08. The van der Waals surface area contributed by atoms with Crippen LogP contribution in [0.15, 0.2) is 60.0 Å². The molecule has 0 saturated carbocycles. The van der Waals surface area contributed by atoms with E-state index in [-0.39, 0.29) is 12.4 Å². The van der Waals surface area contributed by atoms with Crippen LogP contribution in [0, 0.1) is 23.0 Å². The first-order chi connectivity index (χ1) is 16.6. The molecule has 2 aromatic heterocycles. The second-order valence-corrected chi connectivity index (χ2v) is 7.31. The minimum atomic E-state index is -4.22. The van der Waals surface area contributed by atoms with Crippen molar-refractivity contribution in [2.24, 2.45) is 16.8 Å². The molecule has 0 aliphatic carbocycles. The van der Waals surface area contributed by atoms with Gasteiger partial charge in [-0.3, -0.25) is 15.0 Å². The van der Waals surface area contributed by atoms with Gasteiger partial charge in [-0.15, -0.1) is 0 Å². The van der Waals surface area contributed by atoms with Gasteiger partial charge in [0, 0.05) is 17.8 Å². The Balaban J connectivity index is 1.89. The molecule has 0 saturated heterocycles. The highest BCUT2D eigenvalue weighted by Crippen LogP contribution is 2.46. The molecule has 13 heteroatoms. The van der Waals surface area contributed by atoms with E-state index in [1.807, 2.05) is 6.07 Å². The second-order valence-electron chi connectivity index (χ2n) is 7.31. The lowest BCUT2D eigenvalue weighted by atomic mass is 9.84. The van der Waals surface area contributed by atoms with Gasteiger partial charge >= 0.3 is 5.92 Å². The van der Waals surface area contributed by atoms with Crippen LogP contribution < -0.4 is 16.4 Å². The molecule has 1 atom stereocenters. The van der Waals surface area contributed by atoms with Crippen molar-refractivity contribution in [3.63, 3.8) is 0 Å². The number of alkyl halides is 2. The van der Waals surface area contributed by atoms with Gasteiger partial charge in [0.15, 0.2) is 5.60 Å². The summed E-state index contributed by atoms with van der Waals surface area (Å²) < 4.78 is 64.6. The first kappa shape index (κ1) is 25.3. The monoisotopic (exact) mass is 489 g/mol. The summed E-state index contributed by atoms with van der Waals surface area (Å²) in [5, 5.41) is 23.5. The van der Waals surface area contributed by atoms with E-state index in [1.165, 1.54) is 12.3 Å². The molecule has 5 N–H and O–H groups in total. The fourth-order valence-corrected chi connectivity index (χ4v) is 3.17. The number of nitriles is 1. The van der Waals surface area contributed by atoms with Crippen LogP contribution in [-0.2, 0) is 18.1 Å². The molecule has 3 rings (SSSR count). The van der Waals surface area contributed by atoms with Gasteiger partial charge < -0.3 is 15.7 Å². The smallest absolute Gasteiger partial charge is 0.323 e. The number of nitrogens with zero attached hydrogens (tertiary/aromatic N) is 5. The summed E-state index contributed by atoms with van der Waals surface area (Å²) in [5.41, 5.74) is -4.32. The maximum atomic E-state index is 15.6. The predicted octanol–water partition coefficient (Wildman–Crippen LogP) is 2.26. The van der Waals surface area contributed by atoms with Crippen molar-refractivity contribution in [1.82, 2.24) is 15.0 Å². The van der Waals surface area contributed by atoms with Gasteiger partial charge in [0.05, 0.1) is 24.0 Å². The molecule has 182 valence electrons. The number of hydrazone groups is 1. The molecule has 35 heavy (non-hydrogen) atoms. The third-order valence-electron chi connectivity index (χ3n) is 4.92. The van der Waals surface area contributed by atoms with Gasteiger partial charge in [0.25, 0.3) is 0 Å². The Morgan fingerprint density at radius 1 is 1.14 bits per heavy atom. The molecule has 0 aliphatic rings. The lowest BCUT2D eigenvalue weighted by Gasteiger charge is -2.37. The number of ether oxygens (including phenoxy) is 1. The largest absolute Gasteiger partial charge is 0.486 e. The number of halogens is 4.